The van der Waals surface area contributed by atoms with Crippen LogP contribution in [0.5, 0.6) is 5.75 Å². The van der Waals surface area contributed by atoms with Gasteiger partial charge in [0.2, 0.25) is 0 Å². The molecule has 1 aromatic heterocycles. The molecule has 0 N–H and O–H groups in total. The van der Waals surface area contributed by atoms with Crippen LogP contribution in [0, 0.1) is 0 Å². The summed E-state index contributed by atoms with van der Waals surface area (Å²) < 4.78 is 16.9. The van der Waals surface area contributed by atoms with Crippen molar-refractivity contribution < 1.29 is 18.7 Å². The molecule has 0 fully saturated rings. The van der Waals surface area contributed by atoms with Crippen LogP contribution in [0.25, 0.3) is 22.3 Å². The van der Waals surface area contributed by atoms with E-state index in [1.54, 1.807) is 43.3 Å². The van der Waals surface area contributed by atoms with Crippen molar-refractivity contribution in [3.63, 3.8) is 0 Å². The van der Waals surface area contributed by atoms with Crippen molar-refractivity contribution in [1.82, 2.24) is 0 Å². The predicted molar refractivity (Wildman–Crippen MR) is 115 cm³/mol. The number of benzene rings is 3. The highest BCUT2D eigenvalue weighted by atomic mass is 16.5. The Kier molecular flexibility index (Phi) is 5.61. The summed E-state index contributed by atoms with van der Waals surface area (Å²) in [5.41, 5.74) is 2.50. The molecule has 4 rings (SSSR count). The van der Waals surface area contributed by atoms with Gasteiger partial charge in [0.05, 0.1) is 17.6 Å². The van der Waals surface area contributed by atoms with Gasteiger partial charge in [0.15, 0.2) is 5.43 Å². The van der Waals surface area contributed by atoms with Crippen LogP contribution < -0.4 is 10.2 Å². The third-order valence-corrected chi connectivity index (χ3v) is 4.60. The Labute approximate surface area is 173 Å². The smallest absolute Gasteiger partial charge is 0.338 e. The maximum absolute atomic E-state index is 12.5. The second-order valence-electron chi connectivity index (χ2n) is 6.71. The fourth-order valence-electron chi connectivity index (χ4n) is 3.14. The van der Waals surface area contributed by atoms with Crippen molar-refractivity contribution in [3.8, 4) is 17.1 Å². The van der Waals surface area contributed by atoms with E-state index in [2.05, 4.69) is 0 Å². The van der Waals surface area contributed by atoms with Gasteiger partial charge in [-0.15, -0.1) is 0 Å². The molecule has 0 radical (unpaired) electrons. The highest BCUT2D eigenvalue weighted by Gasteiger charge is 2.10. The zero-order chi connectivity index (χ0) is 20.9. The Morgan fingerprint density at radius 3 is 2.57 bits per heavy atom. The maximum Gasteiger partial charge on any atom is 0.338 e. The lowest BCUT2D eigenvalue weighted by Crippen LogP contribution is -2.05. The second kappa shape index (κ2) is 8.66. The molecule has 5 nitrogen and oxygen atoms in total. The van der Waals surface area contributed by atoms with Crippen molar-refractivity contribution >= 4 is 16.9 Å². The lowest BCUT2D eigenvalue weighted by atomic mass is 10.1. The molecule has 5 heteroatoms. The molecule has 1 heterocycles. The molecule has 4 aromatic rings. The fourth-order valence-corrected chi connectivity index (χ4v) is 3.14. The number of hydrogen-bond acceptors (Lipinski definition) is 5. The summed E-state index contributed by atoms with van der Waals surface area (Å²) in [6.45, 7) is 2.36. The summed E-state index contributed by atoms with van der Waals surface area (Å²) in [5.74, 6) is 0.713. The van der Waals surface area contributed by atoms with E-state index in [-0.39, 0.29) is 18.0 Å². The lowest BCUT2D eigenvalue weighted by Gasteiger charge is -2.09. The Balaban J connectivity index is 1.57. The van der Waals surface area contributed by atoms with Crippen LogP contribution in [-0.2, 0) is 11.3 Å². The van der Waals surface area contributed by atoms with Crippen LogP contribution in [0.2, 0.25) is 0 Å². The van der Waals surface area contributed by atoms with Crippen molar-refractivity contribution in [2.45, 2.75) is 13.5 Å². The largest absolute Gasteiger partial charge is 0.489 e. The lowest BCUT2D eigenvalue weighted by molar-refractivity contribution is 0.0526. The Morgan fingerprint density at radius 1 is 0.933 bits per heavy atom. The highest BCUT2D eigenvalue weighted by molar-refractivity contribution is 5.89. The van der Waals surface area contributed by atoms with Crippen LogP contribution in [0.3, 0.4) is 0 Å². The molecule has 0 aliphatic heterocycles. The molecule has 0 saturated heterocycles. The van der Waals surface area contributed by atoms with Gasteiger partial charge in [0, 0.05) is 17.7 Å². The van der Waals surface area contributed by atoms with Crippen LogP contribution in [0.15, 0.2) is 88.1 Å². The Hall–Kier alpha value is -3.86. The van der Waals surface area contributed by atoms with Gasteiger partial charge in [-0.1, -0.05) is 42.5 Å². The average molecular weight is 400 g/mol. The molecule has 0 spiro atoms. The van der Waals surface area contributed by atoms with Gasteiger partial charge in [-0.05, 0) is 36.8 Å². The first-order valence-electron chi connectivity index (χ1n) is 9.66. The van der Waals surface area contributed by atoms with Gasteiger partial charge in [-0.3, -0.25) is 4.79 Å². The molecule has 0 aliphatic rings. The van der Waals surface area contributed by atoms with Gasteiger partial charge >= 0.3 is 5.97 Å². The van der Waals surface area contributed by atoms with Crippen molar-refractivity contribution in [2.75, 3.05) is 6.61 Å². The average Bonchev–Trinajstić information content (AvgIpc) is 2.78. The minimum absolute atomic E-state index is 0.108. The number of esters is 1. The first-order chi connectivity index (χ1) is 14.6. The number of carbonyl (C=O) groups is 1. The van der Waals surface area contributed by atoms with Crippen LogP contribution >= 0.6 is 0 Å². The van der Waals surface area contributed by atoms with E-state index in [9.17, 15) is 9.59 Å². The molecule has 30 heavy (non-hydrogen) atoms. The quantitative estimate of drug-likeness (QED) is 0.415. The van der Waals surface area contributed by atoms with Gasteiger partial charge in [0.1, 0.15) is 23.7 Å². The first-order valence-corrected chi connectivity index (χ1v) is 9.66. The summed E-state index contributed by atoms with van der Waals surface area (Å²) in [6, 6.07) is 23.2. The third kappa shape index (κ3) is 4.25. The standard InChI is InChI=1S/C25H20O5/c1-2-28-25(27)19-10-6-7-17(13-19)16-29-20-11-12-21-22(26)15-23(30-24(21)14-20)18-8-4-3-5-9-18/h3-15H,2,16H2,1H3. The molecule has 0 aliphatic carbocycles. The zero-order valence-corrected chi connectivity index (χ0v) is 16.5. The van der Waals surface area contributed by atoms with Crippen LogP contribution in [0.1, 0.15) is 22.8 Å². The topological polar surface area (TPSA) is 65.7 Å². The van der Waals surface area contributed by atoms with Crippen molar-refractivity contribution in [1.29, 1.82) is 0 Å². The Morgan fingerprint density at radius 2 is 1.77 bits per heavy atom. The number of rotatable bonds is 6. The number of carbonyl (C=O) groups excluding carboxylic acids is 1. The summed E-state index contributed by atoms with van der Waals surface area (Å²) >= 11 is 0. The van der Waals surface area contributed by atoms with Gasteiger partial charge in [-0.25, -0.2) is 4.79 Å². The highest BCUT2D eigenvalue weighted by Crippen LogP contribution is 2.25. The van der Waals surface area contributed by atoms with Crippen molar-refractivity contribution in [3.05, 3.63) is 100 Å². The fraction of sp³-hybridized carbons (Fsp3) is 0.120. The molecule has 0 bridgehead atoms. The van der Waals surface area contributed by atoms with E-state index in [1.807, 2.05) is 36.4 Å². The summed E-state index contributed by atoms with van der Waals surface area (Å²) in [4.78, 5) is 24.4. The minimum Gasteiger partial charge on any atom is -0.489 e. The summed E-state index contributed by atoms with van der Waals surface area (Å²) in [7, 11) is 0. The van der Waals surface area contributed by atoms with E-state index >= 15 is 0 Å². The number of hydrogen-bond donors (Lipinski definition) is 0. The summed E-state index contributed by atoms with van der Waals surface area (Å²) in [5, 5.41) is 0.492. The molecule has 0 saturated carbocycles. The number of ether oxygens (including phenoxy) is 2. The van der Waals surface area contributed by atoms with Crippen molar-refractivity contribution in [2.24, 2.45) is 0 Å². The minimum atomic E-state index is -0.361. The number of fused-ring (bicyclic) bond motifs is 1. The van der Waals surface area contributed by atoms with Gasteiger partial charge in [0.25, 0.3) is 0 Å². The predicted octanol–water partition coefficient (Wildman–Crippen LogP) is 5.22. The SMILES string of the molecule is CCOC(=O)c1cccc(COc2ccc3c(=O)cc(-c4ccccc4)oc3c2)c1. The molecule has 150 valence electrons. The van der Waals surface area contributed by atoms with Crippen LogP contribution in [0.4, 0.5) is 0 Å². The van der Waals surface area contributed by atoms with Crippen LogP contribution in [-0.4, -0.2) is 12.6 Å². The molecule has 0 atom stereocenters. The molecular formula is C25H20O5. The van der Waals surface area contributed by atoms with E-state index in [0.29, 0.717) is 34.6 Å². The van der Waals surface area contributed by atoms with E-state index in [1.165, 1.54) is 6.07 Å². The zero-order valence-electron chi connectivity index (χ0n) is 16.5. The van der Waals surface area contributed by atoms with E-state index in [4.69, 9.17) is 13.9 Å². The third-order valence-electron chi connectivity index (χ3n) is 4.60. The van der Waals surface area contributed by atoms with E-state index in [0.717, 1.165) is 11.1 Å². The van der Waals surface area contributed by atoms with Gasteiger partial charge in [-0.2, -0.15) is 0 Å². The molecule has 0 amide bonds. The first kappa shape index (κ1) is 19.5. The maximum atomic E-state index is 12.5. The second-order valence-corrected chi connectivity index (χ2v) is 6.71. The Bertz CT molecular complexity index is 1240. The monoisotopic (exact) mass is 400 g/mol. The van der Waals surface area contributed by atoms with Gasteiger partial charge < -0.3 is 13.9 Å². The molecule has 3 aromatic carbocycles. The molecular weight excluding hydrogens is 380 g/mol. The molecule has 0 unspecified atom stereocenters. The van der Waals surface area contributed by atoms with E-state index < -0.39 is 0 Å². The summed E-state index contributed by atoms with van der Waals surface area (Å²) in [6.07, 6.45) is 0. The normalized spacial score (nSPS) is 10.7.